The molecule has 0 bridgehead atoms. The van der Waals surface area contributed by atoms with Crippen molar-refractivity contribution in [3.63, 3.8) is 0 Å². The molecule has 0 aliphatic heterocycles. The molecule has 0 saturated carbocycles. The molecule has 1 rings (SSSR count). The Labute approximate surface area is 169 Å². The minimum Gasteiger partial charge on any atom is -0.450 e. The first-order chi connectivity index (χ1) is 13.7. The van der Waals surface area contributed by atoms with Gasteiger partial charge in [-0.3, -0.25) is 4.79 Å². The first-order valence-electron chi connectivity index (χ1n) is 9.79. The largest absolute Gasteiger partial charge is 0.450 e. The van der Waals surface area contributed by atoms with Gasteiger partial charge in [-0.1, -0.05) is 56.5 Å². The molecule has 2 amide bonds. The van der Waals surface area contributed by atoms with Gasteiger partial charge in [0, 0.05) is 6.42 Å². The number of hydrogen-bond acceptors (Lipinski definition) is 4. The number of unbranched alkanes of at least 4 members (excludes halogenated alkanes) is 3. The molecule has 1 unspecified atom stereocenters. The third kappa shape index (κ3) is 10.7. The van der Waals surface area contributed by atoms with Gasteiger partial charge in [0.1, 0.15) is 6.04 Å². The average Bonchev–Trinajstić information content (AvgIpc) is 2.64. The number of benzene rings is 1. The second kappa shape index (κ2) is 13.0. The van der Waals surface area contributed by atoms with Crippen molar-refractivity contribution in [2.75, 3.05) is 13.2 Å². The molecule has 0 fully saturated rings. The fraction of sp³-hybridized carbons (Fsp3) is 0.600. The highest BCUT2D eigenvalue weighted by atomic mass is 19.4. The van der Waals surface area contributed by atoms with Crippen LogP contribution in [0.15, 0.2) is 30.3 Å². The van der Waals surface area contributed by atoms with Crippen molar-refractivity contribution in [1.82, 2.24) is 10.6 Å². The third-order valence-corrected chi connectivity index (χ3v) is 4.33. The molecule has 0 aliphatic rings. The van der Waals surface area contributed by atoms with Crippen LogP contribution in [0.1, 0.15) is 44.6 Å². The number of carbonyl (C=O) groups excluding carboxylic acids is 2. The number of hydrogen-bond donors (Lipinski definition) is 3. The minimum atomic E-state index is -4.69. The van der Waals surface area contributed by atoms with Crippen molar-refractivity contribution in [3.8, 4) is 0 Å². The predicted octanol–water partition coefficient (Wildman–Crippen LogP) is 3.30. The molecular weight excluding hydrogens is 387 g/mol. The Morgan fingerprint density at radius 2 is 1.83 bits per heavy atom. The number of alkyl halides is 3. The number of nitrogens with two attached hydrogens (primary N) is 1. The Morgan fingerprint density at radius 1 is 1.14 bits per heavy atom. The van der Waals surface area contributed by atoms with Crippen LogP contribution in [0.5, 0.6) is 0 Å². The summed E-state index contributed by atoms with van der Waals surface area (Å²) in [5.74, 6) is -0.947. The molecule has 0 aromatic heterocycles. The van der Waals surface area contributed by atoms with Crippen molar-refractivity contribution in [1.29, 1.82) is 0 Å². The van der Waals surface area contributed by atoms with E-state index in [1.165, 1.54) is 0 Å². The van der Waals surface area contributed by atoms with Crippen molar-refractivity contribution < 1.29 is 27.5 Å². The molecule has 0 spiro atoms. The molecule has 6 nitrogen and oxygen atoms in total. The number of rotatable bonds is 13. The molecule has 1 aromatic carbocycles. The Kier molecular flexibility index (Phi) is 11.1. The van der Waals surface area contributed by atoms with E-state index in [-0.39, 0.29) is 13.2 Å². The molecule has 0 radical (unpaired) electrons. The van der Waals surface area contributed by atoms with Crippen LogP contribution in [0.25, 0.3) is 0 Å². The van der Waals surface area contributed by atoms with Crippen LogP contribution < -0.4 is 16.4 Å². The Bertz CT molecular complexity index is 612. The summed E-state index contributed by atoms with van der Waals surface area (Å²) in [6, 6.07) is 5.32. The van der Waals surface area contributed by atoms with E-state index < -0.39 is 36.7 Å². The molecule has 2 atom stereocenters. The van der Waals surface area contributed by atoms with E-state index in [1.54, 1.807) is 24.3 Å². The monoisotopic (exact) mass is 417 g/mol. The van der Waals surface area contributed by atoms with Crippen molar-refractivity contribution in [2.24, 2.45) is 5.73 Å². The number of halogens is 3. The van der Waals surface area contributed by atoms with Gasteiger partial charge in [0.05, 0.1) is 12.6 Å². The average molecular weight is 417 g/mol. The van der Waals surface area contributed by atoms with Crippen LogP contribution in [0.4, 0.5) is 18.0 Å². The maximum absolute atomic E-state index is 13.6. The lowest BCUT2D eigenvalue weighted by Gasteiger charge is -2.29. The second-order valence-electron chi connectivity index (χ2n) is 6.83. The van der Waals surface area contributed by atoms with E-state index in [0.29, 0.717) is 12.8 Å². The Balaban J connectivity index is 2.68. The fourth-order valence-electron chi connectivity index (χ4n) is 2.86. The lowest BCUT2D eigenvalue weighted by Crippen LogP contribution is -2.58. The van der Waals surface area contributed by atoms with Gasteiger partial charge in [-0.05, 0) is 24.9 Å². The van der Waals surface area contributed by atoms with Crippen molar-refractivity contribution in [3.05, 3.63) is 35.9 Å². The summed E-state index contributed by atoms with van der Waals surface area (Å²) in [6.07, 6.45) is -2.50. The lowest BCUT2D eigenvalue weighted by atomic mass is 10.0. The zero-order valence-electron chi connectivity index (χ0n) is 16.6. The number of amides is 2. The van der Waals surface area contributed by atoms with Crippen LogP contribution in [-0.4, -0.2) is 43.4 Å². The Morgan fingerprint density at radius 3 is 2.41 bits per heavy atom. The van der Waals surface area contributed by atoms with Gasteiger partial charge < -0.3 is 21.1 Å². The topological polar surface area (TPSA) is 93.4 Å². The standard InChI is InChI=1S/C20H30F3N3O3/c1-2-3-4-8-13-29-19(28)26-16(14-17(24)27)18(20(21,22)23)25-12-11-15-9-6-5-7-10-15/h5-7,9-10,16,18,25H,2-4,8,11-14H2,1H3,(H2,24,27)(H,26,28)/t16-,18?/m1/s1. The maximum atomic E-state index is 13.6. The van der Waals surface area contributed by atoms with E-state index in [4.69, 9.17) is 10.5 Å². The SMILES string of the molecule is CCCCCCOC(=O)N[C@H](CC(N)=O)C(NCCc1ccccc1)C(F)(F)F. The normalized spacial score (nSPS) is 13.5. The molecule has 29 heavy (non-hydrogen) atoms. The van der Waals surface area contributed by atoms with Gasteiger partial charge in [0.15, 0.2) is 0 Å². The first-order valence-corrected chi connectivity index (χ1v) is 9.79. The first kappa shape index (κ1) is 24.7. The summed E-state index contributed by atoms with van der Waals surface area (Å²) in [6.45, 7) is 2.15. The van der Waals surface area contributed by atoms with Gasteiger partial charge in [-0.2, -0.15) is 13.2 Å². The second-order valence-corrected chi connectivity index (χ2v) is 6.83. The summed E-state index contributed by atoms with van der Waals surface area (Å²) in [7, 11) is 0. The van der Waals surface area contributed by atoms with Crippen LogP contribution in [0, 0.1) is 0 Å². The van der Waals surface area contributed by atoms with E-state index in [1.807, 2.05) is 13.0 Å². The quantitative estimate of drug-likeness (QED) is 0.429. The number of carbonyl (C=O) groups is 2. The number of ether oxygens (including phenoxy) is 1. The molecule has 1 aromatic rings. The predicted molar refractivity (Wildman–Crippen MR) is 104 cm³/mol. The van der Waals surface area contributed by atoms with Crippen molar-refractivity contribution >= 4 is 12.0 Å². The number of nitrogens with one attached hydrogen (secondary N) is 2. The van der Waals surface area contributed by atoms with Gasteiger partial charge in [-0.15, -0.1) is 0 Å². The van der Waals surface area contributed by atoms with Crippen LogP contribution >= 0.6 is 0 Å². The summed E-state index contributed by atoms with van der Waals surface area (Å²) >= 11 is 0. The lowest BCUT2D eigenvalue weighted by molar-refractivity contribution is -0.162. The van der Waals surface area contributed by atoms with E-state index >= 15 is 0 Å². The van der Waals surface area contributed by atoms with E-state index in [2.05, 4.69) is 10.6 Å². The van der Waals surface area contributed by atoms with Gasteiger partial charge in [0.2, 0.25) is 5.91 Å². The van der Waals surface area contributed by atoms with E-state index in [0.717, 1.165) is 24.8 Å². The summed E-state index contributed by atoms with van der Waals surface area (Å²) < 4.78 is 45.7. The highest BCUT2D eigenvalue weighted by Crippen LogP contribution is 2.24. The summed E-state index contributed by atoms with van der Waals surface area (Å²) in [5, 5.41) is 4.55. The van der Waals surface area contributed by atoms with Crippen molar-refractivity contribution in [2.45, 2.75) is 63.7 Å². The molecule has 4 N–H and O–H groups in total. The van der Waals surface area contributed by atoms with Crippen LogP contribution in [-0.2, 0) is 16.0 Å². The van der Waals surface area contributed by atoms with E-state index in [9.17, 15) is 22.8 Å². The summed E-state index contributed by atoms with van der Waals surface area (Å²) in [5.41, 5.74) is 5.97. The third-order valence-electron chi connectivity index (χ3n) is 4.33. The molecule has 0 heterocycles. The highest BCUT2D eigenvalue weighted by Gasteiger charge is 2.45. The minimum absolute atomic E-state index is 0.0111. The fourth-order valence-corrected chi connectivity index (χ4v) is 2.86. The highest BCUT2D eigenvalue weighted by molar-refractivity contribution is 5.76. The number of primary amides is 1. The smallest absolute Gasteiger partial charge is 0.407 e. The van der Waals surface area contributed by atoms with Gasteiger partial charge in [-0.25, -0.2) is 4.79 Å². The molecular formula is C20H30F3N3O3. The Hall–Kier alpha value is -2.29. The molecule has 9 heteroatoms. The zero-order chi connectivity index (χ0) is 21.7. The summed E-state index contributed by atoms with van der Waals surface area (Å²) in [4.78, 5) is 23.2. The molecule has 164 valence electrons. The van der Waals surface area contributed by atoms with Gasteiger partial charge >= 0.3 is 12.3 Å². The van der Waals surface area contributed by atoms with Gasteiger partial charge in [0.25, 0.3) is 0 Å². The number of alkyl carbamates (subject to hydrolysis) is 1. The maximum Gasteiger partial charge on any atom is 0.407 e. The molecule has 0 aliphatic carbocycles. The van der Waals surface area contributed by atoms with Crippen LogP contribution in [0.2, 0.25) is 0 Å². The molecule has 0 saturated heterocycles. The van der Waals surface area contributed by atoms with Crippen LogP contribution in [0.3, 0.4) is 0 Å². The zero-order valence-corrected chi connectivity index (χ0v) is 16.6.